The van der Waals surface area contributed by atoms with Gasteiger partial charge in [-0.3, -0.25) is 4.79 Å². The van der Waals surface area contributed by atoms with Crippen molar-refractivity contribution in [2.24, 2.45) is 11.8 Å². The fourth-order valence-electron chi connectivity index (χ4n) is 2.12. The zero-order valence-corrected chi connectivity index (χ0v) is 11.2. The van der Waals surface area contributed by atoms with E-state index in [2.05, 4.69) is 5.32 Å². The van der Waals surface area contributed by atoms with Gasteiger partial charge in [-0.25, -0.2) is 0 Å². The van der Waals surface area contributed by atoms with Gasteiger partial charge in [0.1, 0.15) is 0 Å². The van der Waals surface area contributed by atoms with Crippen LogP contribution in [0.1, 0.15) is 13.3 Å². The van der Waals surface area contributed by atoms with Gasteiger partial charge in [0.15, 0.2) is 0 Å². The summed E-state index contributed by atoms with van der Waals surface area (Å²) in [6, 6.07) is 0. The van der Waals surface area contributed by atoms with Gasteiger partial charge in [0.25, 0.3) is 0 Å². The number of methoxy groups -OCH3 is 1. The molecule has 5 heteroatoms. The van der Waals surface area contributed by atoms with Crippen molar-refractivity contribution in [2.45, 2.75) is 13.3 Å². The third kappa shape index (κ3) is 4.28. The van der Waals surface area contributed by atoms with Crippen LogP contribution in [0.4, 0.5) is 0 Å². The Morgan fingerprint density at radius 2 is 2.31 bits per heavy atom. The number of ether oxygens (including phenoxy) is 1. The van der Waals surface area contributed by atoms with Gasteiger partial charge < -0.3 is 15.0 Å². The minimum atomic E-state index is -0.0108. The Bertz CT molecular complexity index is 214. The van der Waals surface area contributed by atoms with Crippen molar-refractivity contribution in [1.82, 2.24) is 10.2 Å². The number of nitrogens with one attached hydrogen (secondary N) is 1. The third-order valence-corrected chi connectivity index (χ3v) is 2.93. The summed E-state index contributed by atoms with van der Waals surface area (Å²) in [5.41, 5.74) is 0. The van der Waals surface area contributed by atoms with E-state index < -0.39 is 0 Å². The zero-order valence-electron chi connectivity index (χ0n) is 10.4. The predicted molar refractivity (Wildman–Crippen MR) is 66.9 cm³/mol. The van der Waals surface area contributed by atoms with Gasteiger partial charge in [-0.05, 0) is 25.9 Å². The van der Waals surface area contributed by atoms with Gasteiger partial charge in [0, 0.05) is 20.2 Å². The van der Waals surface area contributed by atoms with Crippen molar-refractivity contribution >= 4 is 18.3 Å². The standard InChI is InChI=1S/C11H22N2O2.ClH/c1-9(8-15-3)11(14)13-5-4-10(7-13)6-12-2;/h9-10,12H,4-8H2,1-3H3;1H. The van der Waals surface area contributed by atoms with Crippen LogP contribution < -0.4 is 5.32 Å². The summed E-state index contributed by atoms with van der Waals surface area (Å²) in [5, 5.41) is 3.16. The number of rotatable bonds is 5. The smallest absolute Gasteiger partial charge is 0.227 e. The largest absolute Gasteiger partial charge is 0.384 e. The first-order chi connectivity index (χ1) is 7.19. The van der Waals surface area contributed by atoms with Crippen LogP contribution in [0.15, 0.2) is 0 Å². The maximum atomic E-state index is 11.9. The highest BCUT2D eigenvalue weighted by atomic mass is 35.5. The SMILES string of the molecule is CNCC1CCN(C(=O)C(C)COC)C1.Cl. The molecule has 0 bridgehead atoms. The molecule has 0 aromatic carbocycles. The number of carbonyl (C=O) groups excluding carboxylic acids is 1. The number of amides is 1. The van der Waals surface area contributed by atoms with E-state index in [1.165, 1.54) is 0 Å². The second-order valence-corrected chi connectivity index (χ2v) is 4.35. The van der Waals surface area contributed by atoms with Crippen LogP contribution in [-0.2, 0) is 9.53 Å². The molecule has 1 saturated heterocycles. The Morgan fingerprint density at radius 3 is 2.88 bits per heavy atom. The molecule has 96 valence electrons. The molecular weight excluding hydrogens is 228 g/mol. The number of halogens is 1. The number of hydrogen-bond donors (Lipinski definition) is 1. The molecule has 0 radical (unpaired) electrons. The maximum Gasteiger partial charge on any atom is 0.227 e. The summed E-state index contributed by atoms with van der Waals surface area (Å²) in [6.07, 6.45) is 1.12. The van der Waals surface area contributed by atoms with Crippen molar-refractivity contribution in [3.8, 4) is 0 Å². The molecule has 1 amide bonds. The zero-order chi connectivity index (χ0) is 11.3. The number of hydrogen-bond acceptors (Lipinski definition) is 3. The predicted octanol–water partition coefficient (Wildman–Crippen LogP) is 0.759. The van der Waals surface area contributed by atoms with Gasteiger partial charge >= 0.3 is 0 Å². The monoisotopic (exact) mass is 250 g/mol. The van der Waals surface area contributed by atoms with Crippen molar-refractivity contribution in [3.63, 3.8) is 0 Å². The highest BCUT2D eigenvalue weighted by molar-refractivity contribution is 5.85. The van der Waals surface area contributed by atoms with Gasteiger partial charge in [-0.15, -0.1) is 12.4 Å². The van der Waals surface area contributed by atoms with Gasteiger partial charge in [0.2, 0.25) is 5.91 Å². The van der Waals surface area contributed by atoms with E-state index in [0.717, 1.165) is 26.1 Å². The quantitative estimate of drug-likeness (QED) is 0.783. The van der Waals surface area contributed by atoms with Crippen LogP contribution in [-0.4, -0.2) is 51.2 Å². The van der Waals surface area contributed by atoms with Crippen molar-refractivity contribution in [2.75, 3.05) is 40.4 Å². The lowest BCUT2D eigenvalue weighted by molar-refractivity contribution is -0.135. The summed E-state index contributed by atoms with van der Waals surface area (Å²) in [5.74, 6) is 0.840. The van der Waals surface area contributed by atoms with E-state index >= 15 is 0 Å². The van der Waals surface area contributed by atoms with Crippen molar-refractivity contribution in [1.29, 1.82) is 0 Å². The van der Waals surface area contributed by atoms with Crippen LogP contribution in [0.25, 0.3) is 0 Å². The molecule has 0 aromatic rings. The average Bonchev–Trinajstić information content (AvgIpc) is 2.66. The van der Waals surface area contributed by atoms with Crippen LogP contribution >= 0.6 is 12.4 Å². The normalized spacial score (nSPS) is 21.7. The molecule has 0 saturated carbocycles. The molecule has 1 heterocycles. The number of nitrogens with zero attached hydrogens (tertiary/aromatic N) is 1. The molecule has 1 aliphatic heterocycles. The molecule has 1 aliphatic rings. The van der Waals surface area contributed by atoms with E-state index in [1.54, 1.807) is 7.11 Å². The minimum absolute atomic E-state index is 0. The molecule has 0 spiro atoms. The number of likely N-dealkylation sites (tertiary alicyclic amines) is 1. The van der Waals surface area contributed by atoms with Gasteiger partial charge in [-0.1, -0.05) is 6.92 Å². The fourth-order valence-corrected chi connectivity index (χ4v) is 2.12. The van der Waals surface area contributed by atoms with E-state index in [0.29, 0.717) is 12.5 Å². The lowest BCUT2D eigenvalue weighted by atomic mass is 10.1. The van der Waals surface area contributed by atoms with Crippen LogP contribution in [0, 0.1) is 11.8 Å². The molecule has 16 heavy (non-hydrogen) atoms. The van der Waals surface area contributed by atoms with Crippen LogP contribution in [0.2, 0.25) is 0 Å². The number of carbonyl (C=O) groups is 1. The first-order valence-electron chi connectivity index (χ1n) is 5.61. The Hall–Kier alpha value is -0.320. The molecule has 0 aliphatic carbocycles. The third-order valence-electron chi connectivity index (χ3n) is 2.93. The molecule has 1 rings (SSSR count). The summed E-state index contributed by atoms with van der Waals surface area (Å²) >= 11 is 0. The Kier molecular flexibility index (Phi) is 7.72. The Labute approximate surface area is 104 Å². The van der Waals surface area contributed by atoms with Crippen LogP contribution in [0.5, 0.6) is 0 Å². The Balaban J connectivity index is 0.00000225. The molecule has 2 atom stereocenters. The average molecular weight is 251 g/mol. The van der Waals surface area contributed by atoms with Gasteiger partial charge in [0.05, 0.1) is 12.5 Å². The second-order valence-electron chi connectivity index (χ2n) is 4.35. The van der Waals surface area contributed by atoms with E-state index in [1.807, 2.05) is 18.9 Å². The van der Waals surface area contributed by atoms with Crippen molar-refractivity contribution in [3.05, 3.63) is 0 Å². The summed E-state index contributed by atoms with van der Waals surface area (Å²) < 4.78 is 5.00. The molecule has 2 unspecified atom stereocenters. The minimum Gasteiger partial charge on any atom is -0.384 e. The summed E-state index contributed by atoms with van der Waals surface area (Å²) in [6.45, 7) is 5.25. The van der Waals surface area contributed by atoms with E-state index in [9.17, 15) is 4.79 Å². The second kappa shape index (κ2) is 7.87. The first kappa shape index (κ1) is 15.7. The summed E-state index contributed by atoms with van der Waals surface area (Å²) in [7, 11) is 3.59. The Morgan fingerprint density at radius 1 is 1.62 bits per heavy atom. The lowest BCUT2D eigenvalue weighted by Gasteiger charge is -2.20. The molecule has 0 aromatic heterocycles. The molecule has 4 nitrogen and oxygen atoms in total. The first-order valence-corrected chi connectivity index (χ1v) is 5.61. The highest BCUT2D eigenvalue weighted by Crippen LogP contribution is 2.17. The topological polar surface area (TPSA) is 41.6 Å². The van der Waals surface area contributed by atoms with Crippen LogP contribution in [0.3, 0.4) is 0 Å². The van der Waals surface area contributed by atoms with E-state index in [-0.39, 0.29) is 24.2 Å². The highest BCUT2D eigenvalue weighted by Gasteiger charge is 2.28. The molecule has 1 N–H and O–H groups in total. The fraction of sp³-hybridized carbons (Fsp3) is 0.909. The maximum absolute atomic E-state index is 11.9. The van der Waals surface area contributed by atoms with Gasteiger partial charge in [-0.2, -0.15) is 0 Å². The molecule has 1 fully saturated rings. The summed E-state index contributed by atoms with van der Waals surface area (Å²) in [4.78, 5) is 13.9. The molecular formula is C11H23ClN2O2. The lowest BCUT2D eigenvalue weighted by Crippen LogP contribution is -2.35. The van der Waals surface area contributed by atoms with Crippen molar-refractivity contribution < 1.29 is 9.53 Å². The van der Waals surface area contributed by atoms with E-state index in [4.69, 9.17) is 4.74 Å².